The van der Waals surface area contributed by atoms with Gasteiger partial charge in [-0.15, -0.1) is 0 Å². The summed E-state index contributed by atoms with van der Waals surface area (Å²) >= 11 is 3.39. The van der Waals surface area contributed by atoms with E-state index >= 15 is 0 Å². The molecule has 0 aliphatic carbocycles. The average Bonchev–Trinajstić information content (AvgIpc) is 2.78. The first-order valence-electron chi connectivity index (χ1n) is 6.42. The van der Waals surface area contributed by atoms with Crippen molar-refractivity contribution in [1.82, 2.24) is 4.90 Å². The van der Waals surface area contributed by atoms with Crippen LogP contribution >= 0.6 is 15.9 Å². The number of carboxylic acids is 1. The van der Waals surface area contributed by atoms with Crippen molar-refractivity contribution in [2.45, 2.75) is 38.3 Å². The van der Waals surface area contributed by atoms with E-state index in [0.717, 1.165) is 23.0 Å². The molecule has 2 rings (SSSR count). The van der Waals surface area contributed by atoms with E-state index in [9.17, 15) is 14.3 Å². The lowest BCUT2D eigenvalue weighted by atomic mass is 9.92. The summed E-state index contributed by atoms with van der Waals surface area (Å²) in [5, 5.41) is 9.51. The molecule has 5 heteroatoms. The standard InChI is InChI=1S/C14H17BrFNO2/c1-2-14(13(18)19)6-3-7-17(14)9-10-8-11(16)4-5-12(10)15/h4-5,8H,2-3,6-7,9H2,1H3,(H,18,19). The third-order valence-corrected chi connectivity index (χ3v) is 4.75. The number of likely N-dealkylation sites (tertiary alicyclic amines) is 1. The third kappa shape index (κ3) is 2.67. The molecule has 19 heavy (non-hydrogen) atoms. The molecule has 1 heterocycles. The van der Waals surface area contributed by atoms with Gasteiger partial charge in [0.1, 0.15) is 11.4 Å². The molecular weight excluding hydrogens is 313 g/mol. The van der Waals surface area contributed by atoms with Crippen LogP contribution in [-0.4, -0.2) is 28.1 Å². The van der Waals surface area contributed by atoms with Gasteiger partial charge in [0.25, 0.3) is 0 Å². The van der Waals surface area contributed by atoms with Crippen molar-refractivity contribution >= 4 is 21.9 Å². The highest BCUT2D eigenvalue weighted by atomic mass is 79.9. The zero-order valence-electron chi connectivity index (χ0n) is 10.8. The van der Waals surface area contributed by atoms with Gasteiger partial charge in [0.2, 0.25) is 0 Å². The van der Waals surface area contributed by atoms with E-state index in [1.807, 2.05) is 11.8 Å². The van der Waals surface area contributed by atoms with Gasteiger partial charge in [-0.2, -0.15) is 0 Å². The SMILES string of the molecule is CCC1(C(=O)O)CCCN1Cc1cc(F)ccc1Br. The van der Waals surface area contributed by atoms with Gasteiger partial charge in [-0.1, -0.05) is 22.9 Å². The Kier molecular flexibility index (Phi) is 4.26. The van der Waals surface area contributed by atoms with Crippen LogP contribution in [0, 0.1) is 5.82 Å². The summed E-state index contributed by atoms with van der Waals surface area (Å²) in [5.41, 5.74) is -0.00727. The summed E-state index contributed by atoms with van der Waals surface area (Å²) in [5.74, 6) is -1.07. The summed E-state index contributed by atoms with van der Waals surface area (Å²) in [6.07, 6.45) is 2.09. The maximum absolute atomic E-state index is 13.3. The van der Waals surface area contributed by atoms with Crippen LogP contribution in [0.4, 0.5) is 4.39 Å². The molecule has 0 radical (unpaired) electrons. The normalized spacial score (nSPS) is 23.7. The third-order valence-electron chi connectivity index (χ3n) is 3.98. The van der Waals surface area contributed by atoms with E-state index in [-0.39, 0.29) is 5.82 Å². The van der Waals surface area contributed by atoms with Crippen molar-refractivity contribution < 1.29 is 14.3 Å². The Morgan fingerprint density at radius 3 is 2.95 bits per heavy atom. The number of nitrogens with zero attached hydrogens (tertiary/aromatic N) is 1. The summed E-state index contributed by atoms with van der Waals surface area (Å²) in [6, 6.07) is 4.52. The summed E-state index contributed by atoms with van der Waals surface area (Å²) in [6.45, 7) is 3.09. The second-order valence-corrected chi connectivity index (χ2v) is 5.81. The van der Waals surface area contributed by atoms with Crippen molar-refractivity contribution in [3.8, 4) is 0 Å². The fraction of sp³-hybridized carbons (Fsp3) is 0.500. The lowest BCUT2D eigenvalue weighted by Crippen LogP contribution is -2.49. The first-order valence-corrected chi connectivity index (χ1v) is 7.21. The van der Waals surface area contributed by atoms with E-state index in [1.54, 1.807) is 6.07 Å². The van der Waals surface area contributed by atoms with Gasteiger partial charge in [-0.3, -0.25) is 9.69 Å². The highest BCUT2D eigenvalue weighted by Gasteiger charge is 2.46. The summed E-state index contributed by atoms with van der Waals surface area (Å²) < 4.78 is 14.1. The largest absolute Gasteiger partial charge is 0.480 e. The number of benzene rings is 1. The van der Waals surface area contributed by atoms with Gasteiger partial charge in [-0.05, 0) is 49.6 Å². The average molecular weight is 330 g/mol. The van der Waals surface area contributed by atoms with Gasteiger partial charge < -0.3 is 5.11 Å². The highest BCUT2D eigenvalue weighted by molar-refractivity contribution is 9.10. The molecule has 1 aromatic carbocycles. The van der Waals surface area contributed by atoms with E-state index in [1.165, 1.54) is 12.1 Å². The Morgan fingerprint density at radius 1 is 1.58 bits per heavy atom. The van der Waals surface area contributed by atoms with Crippen molar-refractivity contribution in [1.29, 1.82) is 0 Å². The quantitative estimate of drug-likeness (QED) is 0.920. The van der Waals surface area contributed by atoms with Crippen LogP contribution in [0.2, 0.25) is 0 Å². The van der Waals surface area contributed by atoms with Crippen LogP contribution in [0.1, 0.15) is 31.7 Å². The monoisotopic (exact) mass is 329 g/mol. The highest BCUT2D eigenvalue weighted by Crippen LogP contribution is 2.35. The van der Waals surface area contributed by atoms with Crippen LogP contribution in [0.25, 0.3) is 0 Å². The molecule has 0 spiro atoms. The summed E-state index contributed by atoms with van der Waals surface area (Å²) in [4.78, 5) is 13.5. The number of rotatable bonds is 4. The lowest BCUT2D eigenvalue weighted by Gasteiger charge is -2.34. The fourth-order valence-corrected chi connectivity index (χ4v) is 3.20. The molecule has 1 N–H and O–H groups in total. The van der Waals surface area contributed by atoms with Crippen molar-refractivity contribution in [3.05, 3.63) is 34.1 Å². The molecule has 1 aromatic rings. The molecule has 1 aliphatic heterocycles. The molecule has 0 aromatic heterocycles. The number of carboxylic acid groups (broad SMARTS) is 1. The van der Waals surface area contributed by atoms with Crippen molar-refractivity contribution in [2.75, 3.05) is 6.54 Å². The van der Waals surface area contributed by atoms with Crippen LogP contribution < -0.4 is 0 Å². The van der Waals surface area contributed by atoms with E-state index in [2.05, 4.69) is 15.9 Å². The molecule has 3 nitrogen and oxygen atoms in total. The molecule has 1 unspecified atom stereocenters. The predicted octanol–water partition coefficient (Wildman–Crippen LogP) is 3.42. The lowest BCUT2D eigenvalue weighted by molar-refractivity contribution is -0.150. The Morgan fingerprint density at radius 2 is 2.32 bits per heavy atom. The second-order valence-electron chi connectivity index (χ2n) is 4.95. The minimum absolute atomic E-state index is 0.296. The number of hydrogen-bond donors (Lipinski definition) is 1. The topological polar surface area (TPSA) is 40.5 Å². The molecule has 1 aliphatic rings. The van der Waals surface area contributed by atoms with Gasteiger partial charge in [0, 0.05) is 11.0 Å². The van der Waals surface area contributed by atoms with Crippen molar-refractivity contribution in [3.63, 3.8) is 0 Å². The summed E-state index contributed by atoms with van der Waals surface area (Å²) in [7, 11) is 0. The van der Waals surface area contributed by atoms with E-state index in [0.29, 0.717) is 19.4 Å². The number of aliphatic carboxylic acids is 1. The molecule has 1 atom stereocenters. The van der Waals surface area contributed by atoms with E-state index in [4.69, 9.17) is 0 Å². The van der Waals surface area contributed by atoms with Crippen LogP contribution in [-0.2, 0) is 11.3 Å². The van der Waals surface area contributed by atoms with Gasteiger partial charge in [0.05, 0.1) is 0 Å². The molecule has 0 bridgehead atoms. The number of halogens is 2. The Balaban J connectivity index is 2.27. The molecule has 1 saturated heterocycles. The first kappa shape index (κ1) is 14.5. The minimum Gasteiger partial charge on any atom is -0.480 e. The van der Waals surface area contributed by atoms with Crippen LogP contribution in [0.5, 0.6) is 0 Å². The zero-order valence-corrected chi connectivity index (χ0v) is 12.4. The Labute approximate surface area is 120 Å². The van der Waals surface area contributed by atoms with Gasteiger partial charge >= 0.3 is 5.97 Å². The molecule has 0 saturated carbocycles. The molecular formula is C14H17BrFNO2. The van der Waals surface area contributed by atoms with Gasteiger partial charge in [0.15, 0.2) is 0 Å². The molecule has 1 fully saturated rings. The fourth-order valence-electron chi connectivity index (χ4n) is 2.83. The maximum atomic E-state index is 13.3. The second kappa shape index (κ2) is 5.59. The predicted molar refractivity (Wildman–Crippen MR) is 74.4 cm³/mol. The van der Waals surface area contributed by atoms with Crippen LogP contribution in [0.15, 0.2) is 22.7 Å². The first-order chi connectivity index (χ1) is 8.99. The van der Waals surface area contributed by atoms with Crippen molar-refractivity contribution in [2.24, 2.45) is 0 Å². The minimum atomic E-state index is -0.800. The Hall–Kier alpha value is -0.940. The van der Waals surface area contributed by atoms with Crippen LogP contribution in [0.3, 0.4) is 0 Å². The Bertz CT molecular complexity index is 494. The number of carbonyl (C=O) groups is 1. The smallest absolute Gasteiger partial charge is 0.324 e. The maximum Gasteiger partial charge on any atom is 0.324 e. The number of hydrogen-bond acceptors (Lipinski definition) is 2. The zero-order chi connectivity index (χ0) is 14.0. The molecule has 104 valence electrons. The van der Waals surface area contributed by atoms with Gasteiger partial charge in [-0.25, -0.2) is 4.39 Å². The van der Waals surface area contributed by atoms with E-state index < -0.39 is 11.5 Å². The molecule has 0 amide bonds.